The lowest BCUT2D eigenvalue weighted by molar-refractivity contribution is 0.306. The molecule has 2 aromatic rings. The molecule has 2 nitrogen and oxygen atoms in total. The van der Waals surface area contributed by atoms with Gasteiger partial charge in [-0.2, -0.15) is 0 Å². The molecule has 0 radical (unpaired) electrons. The van der Waals surface area contributed by atoms with Gasteiger partial charge in [0.05, 0.1) is 5.02 Å². The predicted octanol–water partition coefficient (Wildman–Crippen LogP) is 4.35. The second kappa shape index (κ2) is 6.39. The van der Waals surface area contributed by atoms with Gasteiger partial charge in [-0.1, -0.05) is 35.4 Å². The van der Waals surface area contributed by atoms with Crippen LogP contribution in [-0.2, 0) is 6.61 Å². The summed E-state index contributed by atoms with van der Waals surface area (Å²) in [7, 11) is 0. The van der Waals surface area contributed by atoms with E-state index in [1.54, 1.807) is 24.3 Å². The van der Waals surface area contributed by atoms with Crippen molar-refractivity contribution in [1.82, 2.24) is 0 Å². The van der Waals surface area contributed by atoms with Gasteiger partial charge in [-0.05, 0) is 42.0 Å². The zero-order chi connectivity index (χ0) is 14.7. The lowest BCUT2D eigenvalue weighted by Gasteiger charge is -2.09. The third-order valence-electron chi connectivity index (χ3n) is 2.53. The Balaban J connectivity index is 2.16. The van der Waals surface area contributed by atoms with E-state index in [0.29, 0.717) is 26.9 Å². The number of thiocarbonyl (C=S) groups is 1. The maximum atomic E-state index is 13.4. The predicted molar refractivity (Wildman–Crippen MR) is 83.1 cm³/mol. The Hall–Kier alpha value is -1.36. The lowest BCUT2D eigenvalue weighted by Crippen LogP contribution is -2.10. The molecule has 2 aromatic carbocycles. The molecular weight excluding hydrogens is 320 g/mol. The molecule has 104 valence electrons. The largest absolute Gasteiger partial charge is 0.487 e. The molecule has 0 amide bonds. The second-order valence-electron chi connectivity index (χ2n) is 4.08. The van der Waals surface area contributed by atoms with Gasteiger partial charge in [0.15, 0.2) is 0 Å². The third kappa shape index (κ3) is 3.82. The molecule has 0 saturated heterocycles. The average molecular weight is 330 g/mol. The molecule has 6 heteroatoms. The van der Waals surface area contributed by atoms with Crippen LogP contribution < -0.4 is 10.5 Å². The van der Waals surface area contributed by atoms with Crippen LogP contribution in [0.1, 0.15) is 11.1 Å². The summed E-state index contributed by atoms with van der Waals surface area (Å²) in [4.78, 5) is 0.135. The summed E-state index contributed by atoms with van der Waals surface area (Å²) in [6, 6.07) is 9.19. The van der Waals surface area contributed by atoms with Crippen molar-refractivity contribution in [3.63, 3.8) is 0 Å². The smallest absolute Gasteiger partial charge is 0.138 e. The molecule has 0 heterocycles. The molecule has 0 bridgehead atoms. The molecule has 0 spiro atoms. The van der Waals surface area contributed by atoms with Crippen LogP contribution in [0.2, 0.25) is 10.0 Å². The van der Waals surface area contributed by atoms with Crippen molar-refractivity contribution < 1.29 is 9.13 Å². The quantitative estimate of drug-likeness (QED) is 0.847. The van der Waals surface area contributed by atoms with Gasteiger partial charge in [0.25, 0.3) is 0 Å². The van der Waals surface area contributed by atoms with E-state index >= 15 is 0 Å². The van der Waals surface area contributed by atoms with E-state index < -0.39 is 5.82 Å². The zero-order valence-corrected chi connectivity index (χ0v) is 12.5. The van der Waals surface area contributed by atoms with E-state index in [1.807, 2.05) is 0 Å². The summed E-state index contributed by atoms with van der Waals surface area (Å²) < 4.78 is 19.0. The molecule has 0 saturated carbocycles. The molecule has 0 aliphatic heterocycles. The summed E-state index contributed by atoms with van der Waals surface area (Å²) in [5.74, 6) is 0.0494. The molecule has 2 rings (SSSR count). The summed E-state index contributed by atoms with van der Waals surface area (Å²) in [6.07, 6.45) is 0. The fourth-order valence-electron chi connectivity index (χ4n) is 1.63. The highest BCUT2D eigenvalue weighted by atomic mass is 35.5. The number of halogens is 3. The maximum absolute atomic E-state index is 13.4. The van der Waals surface area contributed by atoms with Crippen molar-refractivity contribution in [2.75, 3.05) is 0 Å². The first-order valence-electron chi connectivity index (χ1n) is 5.63. The second-order valence-corrected chi connectivity index (χ2v) is 5.36. The number of ether oxygens (including phenoxy) is 1. The van der Waals surface area contributed by atoms with Crippen LogP contribution in [0.25, 0.3) is 0 Å². The van der Waals surface area contributed by atoms with Gasteiger partial charge in [-0.15, -0.1) is 0 Å². The summed E-state index contributed by atoms with van der Waals surface area (Å²) >= 11 is 16.6. The topological polar surface area (TPSA) is 35.2 Å². The minimum absolute atomic E-state index is 0.135. The van der Waals surface area contributed by atoms with Gasteiger partial charge in [-0.3, -0.25) is 0 Å². The summed E-state index contributed by atoms with van der Waals surface area (Å²) in [6.45, 7) is 0.148. The van der Waals surface area contributed by atoms with E-state index in [1.165, 1.54) is 12.1 Å². The standard InChI is InChI=1S/C14H10Cl2FNOS/c15-10-1-2-13(12(16)6-10)19-7-8-3-9(14(18)20)5-11(17)4-8/h1-6H,7H2,(H2,18,20). The normalized spacial score (nSPS) is 10.3. The third-order valence-corrected chi connectivity index (χ3v) is 3.30. The van der Waals surface area contributed by atoms with E-state index in [-0.39, 0.29) is 11.6 Å². The monoisotopic (exact) mass is 329 g/mol. The minimum atomic E-state index is -0.420. The SMILES string of the molecule is NC(=S)c1cc(F)cc(COc2ccc(Cl)cc2Cl)c1. The molecule has 20 heavy (non-hydrogen) atoms. The minimum Gasteiger partial charge on any atom is -0.487 e. The molecule has 0 aromatic heterocycles. The lowest BCUT2D eigenvalue weighted by atomic mass is 10.1. The highest BCUT2D eigenvalue weighted by Gasteiger charge is 2.06. The Morgan fingerprint density at radius 3 is 2.60 bits per heavy atom. The highest BCUT2D eigenvalue weighted by molar-refractivity contribution is 7.80. The fraction of sp³-hybridized carbons (Fsp3) is 0.0714. The fourth-order valence-corrected chi connectivity index (χ4v) is 2.21. The molecule has 0 aliphatic carbocycles. The number of benzene rings is 2. The van der Waals surface area contributed by atoms with Gasteiger partial charge in [0.2, 0.25) is 0 Å². The van der Waals surface area contributed by atoms with Crippen LogP contribution in [0, 0.1) is 5.82 Å². The van der Waals surface area contributed by atoms with Gasteiger partial charge in [0, 0.05) is 10.6 Å². The maximum Gasteiger partial charge on any atom is 0.138 e. The van der Waals surface area contributed by atoms with E-state index in [2.05, 4.69) is 0 Å². The number of hydrogen-bond donors (Lipinski definition) is 1. The Bertz CT molecular complexity index is 664. The first kappa shape index (κ1) is 15.0. The van der Waals surface area contributed by atoms with Crippen LogP contribution >= 0.6 is 35.4 Å². The van der Waals surface area contributed by atoms with Crippen molar-refractivity contribution >= 4 is 40.4 Å². The van der Waals surface area contributed by atoms with Crippen molar-refractivity contribution in [3.05, 3.63) is 63.4 Å². The molecule has 0 fully saturated rings. The zero-order valence-electron chi connectivity index (χ0n) is 10.2. The van der Waals surface area contributed by atoms with Crippen LogP contribution in [0.3, 0.4) is 0 Å². The number of hydrogen-bond acceptors (Lipinski definition) is 2. The average Bonchev–Trinajstić information content (AvgIpc) is 2.37. The molecule has 0 atom stereocenters. The first-order valence-corrected chi connectivity index (χ1v) is 6.79. The van der Waals surface area contributed by atoms with Crippen molar-refractivity contribution in [2.24, 2.45) is 5.73 Å². The van der Waals surface area contributed by atoms with Crippen molar-refractivity contribution in [1.29, 1.82) is 0 Å². The number of nitrogens with two attached hydrogens (primary N) is 1. The van der Waals surface area contributed by atoms with Crippen LogP contribution in [0.4, 0.5) is 4.39 Å². The molecular formula is C14H10Cl2FNOS. The van der Waals surface area contributed by atoms with Crippen LogP contribution in [-0.4, -0.2) is 4.99 Å². The van der Waals surface area contributed by atoms with E-state index in [9.17, 15) is 4.39 Å². The Labute approximate surface area is 131 Å². The summed E-state index contributed by atoms with van der Waals surface area (Å²) in [5.41, 5.74) is 6.56. The van der Waals surface area contributed by atoms with Crippen molar-refractivity contribution in [3.8, 4) is 5.75 Å². The number of rotatable bonds is 4. The Kier molecular flexibility index (Phi) is 4.81. The van der Waals surface area contributed by atoms with Gasteiger partial charge < -0.3 is 10.5 Å². The van der Waals surface area contributed by atoms with E-state index in [4.69, 9.17) is 45.9 Å². The van der Waals surface area contributed by atoms with Crippen LogP contribution in [0.5, 0.6) is 5.75 Å². The Morgan fingerprint density at radius 2 is 1.95 bits per heavy atom. The van der Waals surface area contributed by atoms with Gasteiger partial charge in [-0.25, -0.2) is 4.39 Å². The summed E-state index contributed by atoms with van der Waals surface area (Å²) in [5, 5.41) is 0.910. The first-order chi connectivity index (χ1) is 9.45. The highest BCUT2D eigenvalue weighted by Crippen LogP contribution is 2.28. The Morgan fingerprint density at radius 1 is 1.20 bits per heavy atom. The van der Waals surface area contributed by atoms with Gasteiger partial charge in [0.1, 0.15) is 23.2 Å². The van der Waals surface area contributed by atoms with E-state index in [0.717, 1.165) is 0 Å². The van der Waals surface area contributed by atoms with Crippen molar-refractivity contribution in [2.45, 2.75) is 6.61 Å². The van der Waals surface area contributed by atoms with Crippen LogP contribution in [0.15, 0.2) is 36.4 Å². The molecule has 0 unspecified atom stereocenters. The molecule has 0 aliphatic rings. The molecule has 2 N–H and O–H groups in total. The van der Waals surface area contributed by atoms with Gasteiger partial charge >= 0.3 is 0 Å².